The first-order valence-electron chi connectivity index (χ1n) is 5.98. The van der Waals surface area contributed by atoms with Gasteiger partial charge in [-0.15, -0.1) is 11.8 Å². The quantitative estimate of drug-likeness (QED) is 0.783. The summed E-state index contributed by atoms with van der Waals surface area (Å²) in [7, 11) is 0. The van der Waals surface area contributed by atoms with Crippen molar-refractivity contribution in [1.29, 1.82) is 0 Å². The van der Waals surface area contributed by atoms with Crippen LogP contribution >= 0.6 is 11.8 Å². The van der Waals surface area contributed by atoms with E-state index < -0.39 is 0 Å². The molecule has 0 amide bonds. The molecule has 0 saturated carbocycles. The van der Waals surface area contributed by atoms with Crippen molar-refractivity contribution in [2.75, 3.05) is 11.9 Å². The Morgan fingerprint density at radius 2 is 2.12 bits per heavy atom. The number of hydrogen-bond donors (Lipinski definition) is 2. The maximum Gasteiger partial charge on any atom is 0.144 e. The number of anilines is 1. The molecule has 1 heterocycles. The second-order valence-corrected chi connectivity index (χ2v) is 5.44. The van der Waals surface area contributed by atoms with Gasteiger partial charge in [0.2, 0.25) is 0 Å². The average molecular weight is 255 g/mol. The molecule has 0 aliphatic carbocycles. The highest BCUT2D eigenvalue weighted by atomic mass is 32.2. The third-order valence-electron chi connectivity index (χ3n) is 2.43. The zero-order valence-electron chi connectivity index (χ0n) is 10.7. The molecule has 96 valence electrons. The number of thioether (sulfide) groups is 1. The highest BCUT2D eigenvalue weighted by molar-refractivity contribution is 7.99. The fraction of sp³-hybridized carbons (Fsp3) is 0.667. The fourth-order valence-electron chi connectivity index (χ4n) is 1.13. The average Bonchev–Trinajstić information content (AvgIpc) is 2.34. The van der Waals surface area contributed by atoms with Crippen LogP contribution in [0.2, 0.25) is 0 Å². The predicted octanol–water partition coefficient (Wildman–Crippen LogP) is 2.30. The van der Waals surface area contributed by atoms with Gasteiger partial charge in [-0.1, -0.05) is 13.8 Å². The Labute approximate surface area is 107 Å². The zero-order valence-corrected chi connectivity index (χ0v) is 11.5. The van der Waals surface area contributed by atoms with Crippen LogP contribution in [0.4, 0.5) is 5.82 Å². The molecule has 0 radical (unpaired) electrons. The minimum absolute atomic E-state index is 0.217. The van der Waals surface area contributed by atoms with Crippen molar-refractivity contribution in [2.24, 2.45) is 0 Å². The summed E-state index contributed by atoms with van der Waals surface area (Å²) in [5.74, 6) is 1.61. The van der Waals surface area contributed by atoms with Crippen LogP contribution in [-0.4, -0.2) is 33.0 Å². The number of aliphatic hydroxyl groups excluding tert-OH is 1. The summed E-state index contributed by atoms with van der Waals surface area (Å²) in [5.41, 5.74) is 0.949. The SMILES string of the molecule is CCCNc1cnc(CSC(C)C(C)O)cn1. The lowest BCUT2D eigenvalue weighted by Gasteiger charge is -2.13. The fourth-order valence-corrected chi connectivity index (χ4v) is 1.99. The summed E-state index contributed by atoms with van der Waals surface area (Å²) < 4.78 is 0. The number of aliphatic hydroxyl groups is 1. The normalized spacial score (nSPS) is 14.4. The van der Waals surface area contributed by atoms with Gasteiger partial charge in [0.15, 0.2) is 0 Å². The van der Waals surface area contributed by atoms with Gasteiger partial charge in [0, 0.05) is 17.5 Å². The predicted molar refractivity (Wildman–Crippen MR) is 73.3 cm³/mol. The Balaban J connectivity index is 2.40. The first-order chi connectivity index (χ1) is 8.13. The van der Waals surface area contributed by atoms with Crippen LogP contribution in [0.25, 0.3) is 0 Å². The lowest BCUT2D eigenvalue weighted by Crippen LogP contribution is -2.15. The largest absolute Gasteiger partial charge is 0.392 e. The second kappa shape index (κ2) is 7.50. The Morgan fingerprint density at radius 1 is 1.35 bits per heavy atom. The molecular weight excluding hydrogens is 234 g/mol. The molecule has 0 aliphatic heterocycles. The molecule has 5 heteroatoms. The van der Waals surface area contributed by atoms with Gasteiger partial charge < -0.3 is 10.4 Å². The standard InChI is InChI=1S/C12H21N3OS/c1-4-5-13-12-7-14-11(6-15-12)8-17-10(3)9(2)16/h6-7,9-10,16H,4-5,8H2,1-3H3,(H,13,15). The van der Waals surface area contributed by atoms with Crippen molar-refractivity contribution >= 4 is 17.6 Å². The maximum atomic E-state index is 9.37. The number of aromatic nitrogens is 2. The van der Waals surface area contributed by atoms with E-state index in [1.54, 1.807) is 31.1 Å². The summed E-state index contributed by atoms with van der Waals surface area (Å²) in [5, 5.41) is 12.8. The maximum absolute atomic E-state index is 9.37. The van der Waals surface area contributed by atoms with Crippen molar-refractivity contribution < 1.29 is 5.11 Å². The van der Waals surface area contributed by atoms with Crippen LogP contribution in [0.3, 0.4) is 0 Å². The molecule has 17 heavy (non-hydrogen) atoms. The van der Waals surface area contributed by atoms with E-state index in [1.165, 1.54) is 0 Å². The van der Waals surface area contributed by atoms with Crippen molar-refractivity contribution in [3.05, 3.63) is 18.1 Å². The lowest BCUT2D eigenvalue weighted by molar-refractivity contribution is 0.196. The number of nitrogens with zero attached hydrogens (tertiary/aromatic N) is 2. The van der Waals surface area contributed by atoms with E-state index in [0.29, 0.717) is 0 Å². The zero-order chi connectivity index (χ0) is 12.7. The monoisotopic (exact) mass is 255 g/mol. The van der Waals surface area contributed by atoms with E-state index in [1.807, 2.05) is 6.92 Å². The second-order valence-electron chi connectivity index (χ2n) is 4.08. The van der Waals surface area contributed by atoms with Crippen LogP contribution in [-0.2, 0) is 5.75 Å². The first-order valence-corrected chi connectivity index (χ1v) is 7.02. The Hall–Kier alpha value is -0.810. The molecule has 0 saturated heterocycles. The van der Waals surface area contributed by atoms with Crippen LogP contribution in [0.15, 0.2) is 12.4 Å². The molecular formula is C12H21N3OS. The molecule has 0 bridgehead atoms. The van der Waals surface area contributed by atoms with Crippen LogP contribution in [0.1, 0.15) is 32.9 Å². The molecule has 0 spiro atoms. The number of nitrogens with one attached hydrogen (secondary N) is 1. The molecule has 4 nitrogen and oxygen atoms in total. The van der Waals surface area contributed by atoms with Crippen molar-refractivity contribution in [2.45, 2.75) is 44.3 Å². The van der Waals surface area contributed by atoms with Crippen molar-refractivity contribution in [3.63, 3.8) is 0 Å². The van der Waals surface area contributed by atoms with E-state index in [4.69, 9.17) is 0 Å². The van der Waals surface area contributed by atoms with E-state index >= 15 is 0 Å². The third kappa shape index (κ3) is 5.37. The molecule has 1 rings (SSSR count). The smallest absolute Gasteiger partial charge is 0.144 e. The van der Waals surface area contributed by atoms with E-state index in [2.05, 4.69) is 22.2 Å². The Bertz CT molecular complexity index is 316. The van der Waals surface area contributed by atoms with Crippen LogP contribution < -0.4 is 5.32 Å². The molecule has 1 aromatic rings. The van der Waals surface area contributed by atoms with Gasteiger partial charge in [0.1, 0.15) is 5.82 Å². The van der Waals surface area contributed by atoms with Crippen LogP contribution in [0.5, 0.6) is 0 Å². The molecule has 0 aliphatic rings. The van der Waals surface area contributed by atoms with Crippen molar-refractivity contribution in [3.8, 4) is 0 Å². The topological polar surface area (TPSA) is 58.0 Å². The van der Waals surface area contributed by atoms with Gasteiger partial charge in [-0.3, -0.25) is 4.98 Å². The Morgan fingerprint density at radius 3 is 2.65 bits per heavy atom. The highest BCUT2D eigenvalue weighted by Gasteiger charge is 2.09. The molecule has 2 N–H and O–H groups in total. The van der Waals surface area contributed by atoms with Gasteiger partial charge in [-0.05, 0) is 13.3 Å². The number of rotatable bonds is 7. The molecule has 1 aromatic heterocycles. The summed E-state index contributed by atoms with van der Waals surface area (Å²) in [6.45, 7) is 6.85. The molecule has 0 fully saturated rings. The Kier molecular flexibility index (Phi) is 6.29. The van der Waals surface area contributed by atoms with E-state index in [-0.39, 0.29) is 11.4 Å². The summed E-state index contributed by atoms with van der Waals surface area (Å²) in [6.07, 6.45) is 4.34. The molecule has 0 aromatic carbocycles. The summed E-state index contributed by atoms with van der Waals surface area (Å²) >= 11 is 1.69. The molecule has 2 atom stereocenters. The summed E-state index contributed by atoms with van der Waals surface area (Å²) in [4.78, 5) is 8.62. The van der Waals surface area contributed by atoms with Gasteiger partial charge >= 0.3 is 0 Å². The van der Waals surface area contributed by atoms with E-state index in [9.17, 15) is 5.11 Å². The minimum Gasteiger partial charge on any atom is -0.392 e. The van der Waals surface area contributed by atoms with Crippen molar-refractivity contribution in [1.82, 2.24) is 9.97 Å². The molecule has 2 unspecified atom stereocenters. The van der Waals surface area contributed by atoms with Gasteiger partial charge in [-0.25, -0.2) is 4.98 Å². The van der Waals surface area contributed by atoms with Gasteiger partial charge in [-0.2, -0.15) is 0 Å². The van der Waals surface area contributed by atoms with Gasteiger partial charge in [0.05, 0.1) is 24.2 Å². The van der Waals surface area contributed by atoms with Crippen LogP contribution in [0, 0.1) is 0 Å². The minimum atomic E-state index is -0.293. The van der Waals surface area contributed by atoms with Gasteiger partial charge in [0.25, 0.3) is 0 Å². The van der Waals surface area contributed by atoms with E-state index in [0.717, 1.165) is 30.2 Å². The third-order valence-corrected chi connectivity index (χ3v) is 3.82. The lowest BCUT2D eigenvalue weighted by atomic mass is 10.3. The number of hydrogen-bond acceptors (Lipinski definition) is 5. The first kappa shape index (κ1) is 14.3. The highest BCUT2D eigenvalue weighted by Crippen LogP contribution is 2.18. The summed E-state index contributed by atoms with van der Waals surface area (Å²) in [6, 6.07) is 0.